The van der Waals surface area contributed by atoms with Crippen LogP contribution in [0.3, 0.4) is 0 Å². The van der Waals surface area contributed by atoms with Crippen molar-refractivity contribution >= 4 is 11.6 Å². The molecule has 0 fully saturated rings. The minimum absolute atomic E-state index is 0.109. The van der Waals surface area contributed by atoms with Crippen LogP contribution in [-0.4, -0.2) is 12.5 Å². The van der Waals surface area contributed by atoms with Crippen LogP contribution < -0.4 is 10.1 Å². The number of rotatable bonds is 4. The molecule has 2 aromatic carbocycles. The minimum Gasteiger partial charge on any atom is -0.496 e. The third kappa shape index (κ3) is 2.92. The smallest absolute Gasteiger partial charge is 0.123 e. The van der Waals surface area contributed by atoms with Gasteiger partial charge in [0.1, 0.15) is 5.75 Å². The van der Waals surface area contributed by atoms with Gasteiger partial charge in [0.25, 0.3) is 0 Å². The first-order valence-electron chi connectivity index (χ1n) is 7.28. The molecule has 0 radical (unpaired) electrons. The number of methoxy groups -OCH3 is 1. The molecular formula is C18H20ClNO. The highest BCUT2D eigenvalue weighted by Crippen LogP contribution is 2.35. The standard InChI is InChI=1S/C18H20ClNO/c1-12-7-8-17(21-2)14(9-12)11-20-18-15-6-4-3-5-13(15)10-16(18)19/h3-9,16,18,20H,10-11H2,1-2H3. The lowest BCUT2D eigenvalue weighted by molar-refractivity contribution is 0.405. The summed E-state index contributed by atoms with van der Waals surface area (Å²) >= 11 is 6.52. The van der Waals surface area contributed by atoms with Gasteiger partial charge in [0.05, 0.1) is 12.5 Å². The van der Waals surface area contributed by atoms with E-state index in [9.17, 15) is 0 Å². The van der Waals surface area contributed by atoms with Crippen LogP contribution >= 0.6 is 11.6 Å². The van der Waals surface area contributed by atoms with E-state index in [2.05, 4.69) is 48.6 Å². The Morgan fingerprint density at radius 2 is 2.05 bits per heavy atom. The van der Waals surface area contributed by atoms with Gasteiger partial charge in [-0.1, -0.05) is 42.0 Å². The molecular weight excluding hydrogens is 282 g/mol. The number of hydrogen-bond acceptors (Lipinski definition) is 2. The molecule has 1 aliphatic rings. The van der Waals surface area contributed by atoms with Gasteiger partial charge in [-0.15, -0.1) is 11.6 Å². The molecule has 3 rings (SSSR count). The Balaban J connectivity index is 1.78. The number of benzene rings is 2. The predicted octanol–water partition coefficient (Wildman–Crippen LogP) is 4.00. The Morgan fingerprint density at radius 3 is 2.86 bits per heavy atom. The number of hydrogen-bond donors (Lipinski definition) is 1. The highest BCUT2D eigenvalue weighted by atomic mass is 35.5. The first kappa shape index (κ1) is 14.4. The van der Waals surface area contributed by atoms with Crippen LogP contribution in [0.15, 0.2) is 42.5 Å². The van der Waals surface area contributed by atoms with Crippen LogP contribution in [0.25, 0.3) is 0 Å². The maximum Gasteiger partial charge on any atom is 0.123 e. The van der Waals surface area contributed by atoms with E-state index in [1.54, 1.807) is 7.11 Å². The second kappa shape index (κ2) is 6.08. The summed E-state index contributed by atoms with van der Waals surface area (Å²) < 4.78 is 5.44. The molecule has 0 aliphatic heterocycles. The average Bonchev–Trinajstić information content (AvgIpc) is 2.81. The van der Waals surface area contributed by atoms with E-state index >= 15 is 0 Å². The fourth-order valence-electron chi connectivity index (χ4n) is 3.05. The van der Waals surface area contributed by atoms with E-state index in [1.165, 1.54) is 22.3 Å². The molecule has 21 heavy (non-hydrogen) atoms. The monoisotopic (exact) mass is 301 g/mol. The SMILES string of the molecule is COc1ccc(C)cc1CNC1c2ccccc2CC1Cl. The van der Waals surface area contributed by atoms with Crippen LogP contribution in [0.5, 0.6) is 5.75 Å². The van der Waals surface area contributed by atoms with Gasteiger partial charge >= 0.3 is 0 Å². The average molecular weight is 302 g/mol. The van der Waals surface area contributed by atoms with Crippen LogP contribution in [0, 0.1) is 6.92 Å². The van der Waals surface area contributed by atoms with Crippen LogP contribution in [0.4, 0.5) is 0 Å². The van der Waals surface area contributed by atoms with Gasteiger partial charge in [0, 0.05) is 18.2 Å². The first-order chi connectivity index (χ1) is 10.2. The fourth-order valence-corrected chi connectivity index (χ4v) is 3.44. The third-order valence-electron chi connectivity index (χ3n) is 4.12. The summed E-state index contributed by atoms with van der Waals surface area (Å²) in [6.45, 7) is 2.85. The van der Waals surface area contributed by atoms with Crippen LogP contribution in [0.1, 0.15) is 28.3 Å². The maximum absolute atomic E-state index is 6.52. The normalized spacial score (nSPS) is 20.3. The summed E-state index contributed by atoms with van der Waals surface area (Å²) in [5.41, 5.74) is 5.09. The van der Waals surface area contributed by atoms with E-state index in [0.717, 1.165) is 18.7 Å². The molecule has 0 amide bonds. The van der Waals surface area contributed by atoms with E-state index in [0.29, 0.717) is 0 Å². The Kier molecular flexibility index (Phi) is 4.18. The summed E-state index contributed by atoms with van der Waals surface area (Å²) in [6, 6.07) is 14.9. The van der Waals surface area contributed by atoms with Gasteiger partial charge < -0.3 is 10.1 Å². The number of fused-ring (bicyclic) bond motifs is 1. The van der Waals surface area contributed by atoms with Gasteiger partial charge in [0.2, 0.25) is 0 Å². The fraction of sp³-hybridized carbons (Fsp3) is 0.333. The molecule has 0 aromatic heterocycles. The summed E-state index contributed by atoms with van der Waals surface area (Å²) in [5.74, 6) is 0.922. The van der Waals surface area contributed by atoms with Crippen molar-refractivity contribution in [2.24, 2.45) is 0 Å². The Labute approximate surface area is 131 Å². The zero-order chi connectivity index (χ0) is 14.8. The third-order valence-corrected chi connectivity index (χ3v) is 4.52. The molecule has 2 atom stereocenters. The molecule has 3 heteroatoms. The van der Waals surface area contributed by atoms with Crippen molar-refractivity contribution in [1.82, 2.24) is 5.32 Å². The molecule has 2 nitrogen and oxygen atoms in total. The van der Waals surface area contributed by atoms with E-state index < -0.39 is 0 Å². The van der Waals surface area contributed by atoms with Crippen LogP contribution in [-0.2, 0) is 13.0 Å². The maximum atomic E-state index is 6.52. The molecule has 0 bridgehead atoms. The number of nitrogens with one attached hydrogen (secondary N) is 1. The number of ether oxygens (including phenoxy) is 1. The highest BCUT2D eigenvalue weighted by molar-refractivity contribution is 6.21. The summed E-state index contributed by atoms with van der Waals surface area (Å²) in [7, 11) is 1.71. The molecule has 110 valence electrons. The molecule has 1 aliphatic carbocycles. The molecule has 0 saturated heterocycles. The second-order valence-electron chi connectivity index (χ2n) is 5.59. The Hall–Kier alpha value is -1.51. The second-order valence-corrected chi connectivity index (χ2v) is 6.15. The summed E-state index contributed by atoms with van der Waals surface area (Å²) in [4.78, 5) is 0. The lowest BCUT2D eigenvalue weighted by Crippen LogP contribution is -2.25. The molecule has 0 heterocycles. The van der Waals surface area contributed by atoms with E-state index in [-0.39, 0.29) is 11.4 Å². The van der Waals surface area contributed by atoms with E-state index in [1.807, 2.05) is 6.07 Å². The van der Waals surface area contributed by atoms with Crippen molar-refractivity contribution in [2.45, 2.75) is 31.3 Å². The molecule has 2 aromatic rings. The minimum atomic E-state index is 0.109. The Morgan fingerprint density at radius 1 is 1.24 bits per heavy atom. The molecule has 2 unspecified atom stereocenters. The van der Waals surface area contributed by atoms with Gasteiger partial charge in [-0.05, 0) is 30.5 Å². The van der Waals surface area contributed by atoms with Gasteiger partial charge in [-0.25, -0.2) is 0 Å². The zero-order valence-corrected chi connectivity index (χ0v) is 13.2. The van der Waals surface area contributed by atoms with Crippen molar-refractivity contribution in [3.05, 3.63) is 64.7 Å². The highest BCUT2D eigenvalue weighted by Gasteiger charge is 2.30. The van der Waals surface area contributed by atoms with Gasteiger partial charge in [0.15, 0.2) is 0 Å². The number of aryl methyl sites for hydroxylation is 1. The summed E-state index contributed by atoms with van der Waals surface area (Å²) in [5, 5.41) is 3.70. The van der Waals surface area contributed by atoms with Crippen molar-refractivity contribution < 1.29 is 4.74 Å². The lowest BCUT2D eigenvalue weighted by atomic mass is 10.1. The quantitative estimate of drug-likeness (QED) is 0.862. The van der Waals surface area contributed by atoms with Crippen molar-refractivity contribution in [1.29, 1.82) is 0 Å². The predicted molar refractivity (Wildman–Crippen MR) is 87.1 cm³/mol. The van der Waals surface area contributed by atoms with Crippen LogP contribution in [0.2, 0.25) is 0 Å². The summed E-state index contributed by atoms with van der Waals surface area (Å²) in [6.07, 6.45) is 0.931. The van der Waals surface area contributed by atoms with Gasteiger partial charge in [-0.3, -0.25) is 0 Å². The van der Waals surface area contributed by atoms with Crippen molar-refractivity contribution in [3.8, 4) is 5.75 Å². The first-order valence-corrected chi connectivity index (χ1v) is 7.71. The van der Waals surface area contributed by atoms with Gasteiger partial charge in [-0.2, -0.15) is 0 Å². The molecule has 0 spiro atoms. The van der Waals surface area contributed by atoms with Crippen molar-refractivity contribution in [3.63, 3.8) is 0 Å². The number of halogens is 1. The largest absolute Gasteiger partial charge is 0.496 e. The molecule has 1 N–H and O–H groups in total. The number of alkyl halides is 1. The zero-order valence-electron chi connectivity index (χ0n) is 12.4. The lowest BCUT2D eigenvalue weighted by Gasteiger charge is -2.19. The van der Waals surface area contributed by atoms with Crippen molar-refractivity contribution in [2.75, 3.05) is 7.11 Å². The van der Waals surface area contributed by atoms with E-state index in [4.69, 9.17) is 16.3 Å². The topological polar surface area (TPSA) is 21.3 Å². The Bertz CT molecular complexity index is 641. The molecule has 0 saturated carbocycles.